The minimum atomic E-state index is 0.172. The summed E-state index contributed by atoms with van der Waals surface area (Å²) in [5, 5.41) is 3.85. The minimum absolute atomic E-state index is 0.172. The molecule has 2 rings (SSSR count). The van der Waals surface area contributed by atoms with E-state index >= 15 is 0 Å². The van der Waals surface area contributed by atoms with Gasteiger partial charge in [-0.1, -0.05) is 4.49 Å². The molecule has 1 atom stereocenters. The number of nitrogens with zero attached hydrogens (tertiary/aromatic N) is 2. The van der Waals surface area contributed by atoms with Gasteiger partial charge in [0.2, 0.25) is 0 Å². The third kappa shape index (κ3) is 2.86. The van der Waals surface area contributed by atoms with Crippen molar-refractivity contribution in [3.05, 3.63) is 10.6 Å². The minimum Gasteiger partial charge on any atom is -0.378 e. The Labute approximate surface area is 99.2 Å². The van der Waals surface area contributed by atoms with E-state index in [-0.39, 0.29) is 5.78 Å². The van der Waals surface area contributed by atoms with Gasteiger partial charge in [-0.3, -0.25) is 4.79 Å². The fraction of sp³-hybridized carbons (Fsp3) is 0.727. The summed E-state index contributed by atoms with van der Waals surface area (Å²) >= 11 is 1.20. The summed E-state index contributed by atoms with van der Waals surface area (Å²) in [5.74, 6) is 0.172. The molecular formula is C11H16N2O2S. The number of Topliss-reactive ketones (excluding diaryl/α,β-unsaturated/α-hetero) is 1. The van der Waals surface area contributed by atoms with Gasteiger partial charge in [0.15, 0.2) is 5.78 Å². The van der Waals surface area contributed by atoms with Crippen LogP contribution in [0.3, 0.4) is 0 Å². The Morgan fingerprint density at radius 1 is 1.62 bits per heavy atom. The van der Waals surface area contributed by atoms with Crippen LogP contribution in [0.25, 0.3) is 0 Å². The second-order valence-electron chi connectivity index (χ2n) is 4.14. The van der Waals surface area contributed by atoms with Crippen LogP contribution in [0.1, 0.15) is 47.5 Å². The summed E-state index contributed by atoms with van der Waals surface area (Å²) in [7, 11) is 0. The second-order valence-corrected chi connectivity index (χ2v) is 4.89. The molecule has 0 N–H and O–H groups in total. The Bertz CT molecular complexity index is 359. The van der Waals surface area contributed by atoms with E-state index in [0.29, 0.717) is 17.4 Å². The van der Waals surface area contributed by atoms with Gasteiger partial charge in [0.25, 0.3) is 0 Å². The number of carbonyl (C=O) groups excluding carboxylic acids is 1. The maximum Gasteiger partial charge on any atom is 0.176 e. The fourth-order valence-corrected chi connectivity index (χ4v) is 2.58. The second kappa shape index (κ2) is 5.50. The number of hydrogen-bond donors (Lipinski definition) is 0. The lowest BCUT2D eigenvalue weighted by Crippen LogP contribution is -2.06. The van der Waals surface area contributed by atoms with E-state index in [4.69, 9.17) is 4.74 Å². The van der Waals surface area contributed by atoms with Crippen LogP contribution in [0.4, 0.5) is 0 Å². The normalized spacial score (nSPS) is 20.2. The molecule has 1 fully saturated rings. The first kappa shape index (κ1) is 11.7. The zero-order chi connectivity index (χ0) is 11.4. The Morgan fingerprint density at radius 3 is 3.12 bits per heavy atom. The number of rotatable bonds is 5. The van der Waals surface area contributed by atoms with E-state index in [0.717, 1.165) is 38.0 Å². The van der Waals surface area contributed by atoms with Gasteiger partial charge in [-0.25, -0.2) is 0 Å². The molecule has 1 saturated heterocycles. The molecular weight excluding hydrogens is 224 g/mol. The molecule has 1 aliphatic rings. The standard InChI is InChI=1S/C11H16N2O2S/c1-8-11(16-13-12-8)10(14)6-2-4-9-5-3-7-15-9/h9H,2-7H2,1H3. The molecule has 0 bridgehead atoms. The summed E-state index contributed by atoms with van der Waals surface area (Å²) < 4.78 is 9.29. The highest BCUT2D eigenvalue weighted by Gasteiger charge is 2.17. The molecule has 0 radical (unpaired) electrons. The number of ether oxygens (including phenoxy) is 1. The molecule has 5 heteroatoms. The highest BCUT2D eigenvalue weighted by Crippen LogP contribution is 2.19. The Morgan fingerprint density at radius 2 is 2.50 bits per heavy atom. The highest BCUT2D eigenvalue weighted by atomic mass is 32.1. The number of ketones is 1. The van der Waals surface area contributed by atoms with Crippen molar-refractivity contribution < 1.29 is 9.53 Å². The van der Waals surface area contributed by atoms with Gasteiger partial charge in [0, 0.05) is 13.0 Å². The summed E-state index contributed by atoms with van der Waals surface area (Å²) in [6.45, 7) is 2.72. The van der Waals surface area contributed by atoms with Gasteiger partial charge in [-0.05, 0) is 44.1 Å². The van der Waals surface area contributed by atoms with Gasteiger partial charge in [0.1, 0.15) is 4.88 Å². The Balaban J connectivity index is 1.73. The average Bonchev–Trinajstić information content (AvgIpc) is 2.88. The topological polar surface area (TPSA) is 52.1 Å². The monoisotopic (exact) mass is 240 g/mol. The first-order valence-electron chi connectivity index (χ1n) is 5.71. The van der Waals surface area contributed by atoms with Crippen molar-refractivity contribution in [2.75, 3.05) is 6.61 Å². The average molecular weight is 240 g/mol. The van der Waals surface area contributed by atoms with Gasteiger partial charge in [-0.2, -0.15) is 0 Å². The number of aryl methyl sites for hydroxylation is 1. The lowest BCUT2D eigenvalue weighted by Gasteiger charge is -2.07. The number of hydrogen-bond acceptors (Lipinski definition) is 5. The molecule has 2 heterocycles. The number of carbonyl (C=O) groups is 1. The maximum atomic E-state index is 11.8. The van der Waals surface area contributed by atoms with Crippen molar-refractivity contribution in [1.29, 1.82) is 0 Å². The molecule has 16 heavy (non-hydrogen) atoms. The van der Waals surface area contributed by atoms with Crippen molar-refractivity contribution in [2.45, 2.75) is 45.1 Å². The molecule has 1 aromatic rings. The van der Waals surface area contributed by atoms with Crippen molar-refractivity contribution in [3.8, 4) is 0 Å². The molecule has 0 spiro atoms. The molecule has 88 valence electrons. The maximum absolute atomic E-state index is 11.8. The van der Waals surface area contributed by atoms with E-state index in [9.17, 15) is 4.79 Å². The molecule has 0 amide bonds. The molecule has 0 aromatic carbocycles. The van der Waals surface area contributed by atoms with Crippen molar-refractivity contribution in [2.24, 2.45) is 0 Å². The first-order valence-corrected chi connectivity index (χ1v) is 6.48. The van der Waals surface area contributed by atoms with Crippen LogP contribution >= 0.6 is 11.5 Å². The largest absolute Gasteiger partial charge is 0.378 e. The van der Waals surface area contributed by atoms with Crippen LogP contribution in [0.15, 0.2) is 0 Å². The Kier molecular flexibility index (Phi) is 4.01. The molecule has 1 aliphatic heterocycles. The number of aromatic nitrogens is 2. The van der Waals surface area contributed by atoms with Crippen LogP contribution in [0, 0.1) is 6.92 Å². The van der Waals surface area contributed by atoms with Crippen LogP contribution < -0.4 is 0 Å². The summed E-state index contributed by atoms with van der Waals surface area (Å²) in [6, 6.07) is 0. The molecule has 0 saturated carbocycles. The lowest BCUT2D eigenvalue weighted by molar-refractivity contribution is 0.0925. The summed E-state index contributed by atoms with van der Waals surface area (Å²) in [6.07, 6.45) is 5.18. The predicted octanol–water partition coefficient (Wildman–Crippen LogP) is 2.38. The summed E-state index contributed by atoms with van der Waals surface area (Å²) in [4.78, 5) is 12.5. The first-order chi connectivity index (χ1) is 7.77. The van der Waals surface area contributed by atoms with Gasteiger partial charge in [-0.15, -0.1) is 5.10 Å². The molecule has 1 unspecified atom stereocenters. The SMILES string of the molecule is Cc1nnsc1C(=O)CCCC1CCCO1. The van der Waals surface area contributed by atoms with Gasteiger partial charge < -0.3 is 4.74 Å². The quantitative estimate of drug-likeness (QED) is 0.741. The molecule has 1 aromatic heterocycles. The lowest BCUT2D eigenvalue weighted by atomic mass is 10.1. The zero-order valence-electron chi connectivity index (χ0n) is 9.44. The van der Waals surface area contributed by atoms with Crippen LogP contribution in [0.5, 0.6) is 0 Å². The van der Waals surface area contributed by atoms with E-state index in [1.807, 2.05) is 6.92 Å². The van der Waals surface area contributed by atoms with Crippen molar-refractivity contribution >= 4 is 17.3 Å². The van der Waals surface area contributed by atoms with E-state index in [2.05, 4.69) is 9.59 Å². The van der Waals surface area contributed by atoms with E-state index in [1.54, 1.807) is 0 Å². The van der Waals surface area contributed by atoms with Crippen molar-refractivity contribution in [1.82, 2.24) is 9.59 Å². The summed E-state index contributed by atoms with van der Waals surface area (Å²) in [5.41, 5.74) is 0.757. The Hall–Kier alpha value is -0.810. The van der Waals surface area contributed by atoms with Crippen molar-refractivity contribution in [3.63, 3.8) is 0 Å². The van der Waals surface area contributed by atoms with Gasteiger partial charge in [0.05, 0.1) is 11.8 Å². The molecule has 0 aliphatic carbocycles. The van der Waals surface area contributed by atoms with E-state index < -0.39 is 0 Å². The molecule has 4 nitrogen and oxygen atoms in total. The predicted molar refractivity (Wildman–Crippen MR) is 61.8 cm³/mol. The third-order valence-electron chi connectivity index (χ3n) is 2.86. The van der Waals surface area contributed by atoms with Crippen LogP contribution in [-0.4, -0.2) is 28.1 Å². The highest BCUT2D eigenvalue weighted by molar-refractivity contribution is 7.08. The fourth-order valence-electron chi connectivity index (χ4n) is 1.96. The smallest absolute Gasteiger partial charge is 0.176 e. The van der Waals surface area contributed by atoms with E-state index in [1.165, 1.54) is 11.5 Å². The van der Waals surface area contributed by atoms with Crippen LogP contribution in [-0.2, 0) is 4.74 Å². The zero-order valence-corrected chi connectivity index (χ0v) is 10.3. The van der Waals surface area contributed by atoms with Crippen LogP contribution in [0.2, 0.25) is 0 Å². The third-order valence-corrected chi connectivity index (χ3v) is 3.73. The van der Waals surface area contributed by atoms with Gasteiger partial charge >= 0.3 is 0 Å².